The van der Waals surface area contributed by atoms with E-state index in [1.165, 1.54) is 0 Å². The number of fused-ring (bicyclic) bond motifs is 1. The van der Waals surface area contributed by atoms with Gasteiger partial charge in [0.15, 0.2) is 0 Å². The zero-order valence-electron chi connectivity index (χ0n) is 13.6. The molecule has 122 valence electrons. The van der Waals surface area contributed by atoms with Gasteiger partial charge in [0.05, 0.1) is 29.8 Å². The summed E-state index contributed by atoms with van der Waals surface area (Å²) in [6.45, 7) is 2.29. The lowest BCUT2D eigenvalue weighted by molar-refractivity contribution is -0.123. The molecule has 1 aliphatic heterocycles. The van der Waals surface area contributed by atoms with Crippen molar-refractivity contribution in [1.29, 1.82) is 0 Å². The highest BCUT2D eigenvalue weighted by Crippen LogP contribution is 2.30. The molecule has 1 amide bonds. The lowest BCUT2D eigenvalue weighted by Gasteiger charge is -2.32. The predicted molar refractivity (Wildman–Crippen MR) is 84.4 cm³/mol. The van der Waals surface area contributed by atoms with Gasteiger partial charge in [-0.1, -0.05) is 0 Å². The standard InChI is InChI=1S/C16H22N6O/c1-20-10-17-14-9-22(7-11-5-18-21(2)6-11)8-13(15(14)20)16(23)19-12-3-4-12/h5-6,10,12-13H,3-4,7-9H2,1-2H3,(H,19,23)/t13-/m0/s1. The van der Waals surface area contributed by atoms with Gasteiger partial charge in [0, 0.05) is 51.5 Å². The first-order valence-electron chi connectivity index (χ1n) is 8.10. The Bertz CT molecular complexity index is 729. The fourth-order valence-electron chi connectivity index (χ4n) is 3.35. The molecule has 3 heterocycles. The Balaban J connectivity index is 1.56. The summed E-state index contributed by atoms with van der Waals surface area (Å²) in [5.41, 5.74) is 3.23. The average molecular weight is 314 g/mol. The summed E-state index contributed by atoms with van der Waals surface area (Å²) in [4.78, 5) is 19.5. The van der Waals surface area contributed by atoms with E-state index < -0.39 is 0 Å². The Morgan fingerprint density at radius 2 is 2.22 bits per heavy atom. The molecule has 1 N–H and O–H groups in total. The van der Waals surface area contributed by atoms with E-state index in [9.17, 15) is 4.79 Å². The highest BCUT2D eigenvalue weighted by molar-refractivity contribution is 5.84. The van der Waals surface area contributed by atoms with Gasteiger partial charge < -0.3 is 9.88 Å². The third-order valence-electron chi connectivity index (χ3n) is 4.61. The van der Waals surface area contributed by atoms with Crippen LogP contribution in [0.5, 0.6) is 0 Å². The van der Waals surface area contributed by atoms with Crippen LogP contribution in [0.25, 0.3) is 0 Å². The monoisotopic (exact) mass is 314 g/mol. The Morgan fingerprint density at radius 1 is 1.39 bits per heavy atom. The van der Waals surface area contributed by atoms with Crippen LogP contribution in [0.3, 0.4) is 0 Å². The maximum Gasteiger partial charge on any atom is 0.230 e. The van der Waals surface area contributed by atoms with Gasteiger partial charge in [0.25, 0.3) is 0 Å². The highest BCUT2D eigenvalue weighted by Gasteiger charge is 2.36. The first kappa shape index (κ1) is 14.4. The third-order valence-corrected chi connectivity index (χ3v) is 4.61. The number of nitrogens with zero attached hydrogens (tertiary/aromatic N) is 5. The van der Waals surface area contributed by atoms with Crippen molar-refractivity contribution in [3.63, 3.8) is 0 Å². The van der Waals surface area contributed by atoms with Gasteiger partial charge in [-0.3, -0.25) is 14.4 Å². The lowest BCUT2D eigenvalue weighted by atomic mass is 9.96. The van der Waals surface area contributed by atoms with Crippen molar-refractivity contribution in [1.82, 2.24) is 29.5 Å². The van der Waals surface area contributed by atoms with Crippen molar-refractivity contribution < 1.29 is 4.79 Å². The second-order valence-electron chi connectivity index (χ2n) is 6.71. The largest absolute Gasteiger partial charge is 0.353 e. The van der Waals surface area contributed by atoms with E-state index >= 15 is 0 Å². The Morgan fingerprint density at radius 3 is 2.91 bits per heavy atom. The van der Waals surface area contributed by atoms with Crippen molar-refractivity contribution in [3.8, 4) is 0 Å². The number of amides is 1. The minimum Gasteiger partial charge on any atom is -0.353 e. The van der Waals surface area contributed by atoms with Crippen molar-refractivity contribution in [2.45, 2.75) is 37.9 Å². The number of nitrogens with one attached hydrogen (secondary N) is 1. The molecule has 2 aliphatic rings. The molecule has 0 saturated heterocycles. The number of carbonyl (C=O) groups excluding carboxylic acids is 1. The maximum absolute atomic E-state index is 12.7. The molecule has 7 nitrogen and oxygen atoms in total. The van der Waals surface area contributed by atoms with Crippen molar-refractivity contribution >= 4 is 5.91 Å². The van der Waals surface area contributed by atoms with E-state index in [-0.39, 0.29) is 11.8 Å². The normalized spacial score (nSPS) is 21.2. The fourth-order valence-corrected chi connectivity index (χ4v) is 3.35. The molecule has 23 heavy (non-hydrogen) atoms. The summed E-state index contributed by atoms with van der Waals surface area (Å²) < 4.78 is 3.80. The van der Waals surface area contributed by atoms with Crippen LogP contribution in [0.2, 0.25) is 0 Å². The van der Waals surface area contributed by atoms with Crippen LogP contribution in [0, 0.1) is 0 Å². The van der Waals surface area contributed by atoms with Crippen LogP contribution in [0.4, 0.5) is 0 Å². The van der Waals surface area contributed by atoms with Crippen LogP contribution < -0.4 is 5.32 Å². The number of hydrogen-bond acceptors (Lipinski definition) is 4. The molecule has 0 bridgehead atoms. The quantitative estimate of drug-likeness (QED) is 0.894. The Labute approximate surface area is 135 Å². The molecule has 2 aromatic rings. The summed E-state index contributed by atoms with van der Waals surface area (Å²) in [6.07, 6.45) is 7.93. The van der Waals surface area contributed by atoms with Gasteiger partial charge in [-0.25, -0.2) is 4.98 Å². The summed E-state index contributed by atoms with van der Waals surface area (Å²) in [5, 5.41) is 7.37. The van der Waals surface area contributed by atoms with E-state index in [1.54, 1.807) is 0 Å². The first-order valence-corrected chi connectivity index (χ1v) is 8.10. The SMILES string of the molecule is Cn1cc(CN2Cc3ncn(C)c3[C@@H](C(=O)NC3CC3)C2)cn1. The molecular formula is C16H22N6O. The van der Waals surface area contributed by atoms with Crippen LogP contribution >= 0.6 is 0 Å². The second kappa shape index (κ2) is 5.49. The number of imidazole rings is 1. The van der Waals surface area contributed by atoms with Crippen LogP contribution in [-0.2, 0) is 32.0 Å². The summed E-state index contributed by atoms with van der Waals surface area (Å²) in [6, 6.07) is 0.382. The fraction of sp³-hybridized carbons (Fsp3) is 0.562. The van der Waals surface area contributed by atoms with E-state index in [1.807, 2.05) is 42.1 Å². The van der Waals surface area contributed by atoms with Crippen LogP contribution in [0.15, 0.2) is 18.7 Å². The molecular weight excluding hydrogens is 292 g/mol. The molecule has 0 aromatic carbocycles. The average Bonchev–Trinajstić information content (AvgIpc) is 3.13. The molecule has 2 aromatic heterocycles. The molecule has 7 heteroatoms. The molecule has 0 spiro atoms. The van der Waals surface area contributed by atoms with Crippen LogP contribution in [-0.4, -0.2) is 42.7 Å². The molecule has 1 saturated carbocycles. The first-order chi connectivity index (χ1) is 11.1. The van der Waals surface area contributed by atoms with Gasteiger partial charge in [-0.05, 0) is 12.8 Å². The minimum absolute atomic E-state index is 0.133. The highest BCUT2D eigenvalue weighted by atomic mass is 16.2. The second-order valence-corrected chi connectivity index (χ2v) is 6.71. The van der Waals surface area contributed by atoms with E-state index in [0.717, 1.165) is 49.4 Å². The van der Waals surface area contributed by atoms with Gasteiger partial charge in [0.2, 0.25) is 5.91 Å². The molecule has 0 radical (unpaired) electrons. The van der Waals surface area contributed by atoms with Gasteiger partial charge in [-0.15, -0.1) is 0 Å². The Kier molecular flexibility index (Phi) is 3.45. The smallest absolute Gasteiger partial charge is 0.230 e. The number of carbonyl (C=O) groups is 1. The number of aryl methyl sites for hydroxylation is 2. The zero-order chi connectivity index (χ0) is 16.0. The third kappa shape index (κ3) is 2.88. The molecule has 1 aliphatic carbocycles. The van der Waals surface area contributed by atoms with Crippen molar-refractivity contribution in [3.05, 3.63) is 35.7 Å². The molecule has 4 rings (SSSR count). The van der Waals surface area contributed by atoms with E-state index in [2.05, 4.69) is 20.3 Å². The van der Waals surface area contributed by atoms with Crippen molar-refractivity contribution in [2.75, 3.05) is 6.54 Å². The zero-order valence-corrected chi connectivity index (χ0v) is 13.6. The van der Waals surface area contributed by atoms with Gasteiger partial charge >= 0.3 is 0 Å². The van der Waals surface area contributed by atoms with E-state index in [4.69, 9.17) is 0 Å². The molecule has 0 unspecified atom stereocenters. The number of aromatic nitrogens is 4. The summed E-state index contributed by atoms with van der Waals surface area (Å²) in [7, 11) is 3.89. The topological polar surface area (TPSA) is 68.0 Å². The number of rotatable bonds is 4. The number of hydrogen-bond donors (Lipinski definition) is 1. The van der Waals surface area contributed by atoms with Crippen LogP contribution in [0.1, 0.15) is 35.7 Å². The lowest BCUT2D eigenvalue weighted by Crippen LogP contribution is -2.42. The maximum atomic E-state index is 12.7. The van der Waals surface area contributed by atoms with Gasteiger partial charge in [-0.2, -0.15) is 5.10 Å². The van der Waals surface area contributed by atoms with E-state index in [0.29, 0.717) is 6.04 Å². The Hall–Kier alpha value is -2.15. The molecule has 1 atom stereocenters. The molecule has 1 fully saturated rings. The predicted octanol–water partition coefficient (Wildman–Crippen LogP) is 0.532. The summed E-state index contributed by atoms with van der Waals surface area (Å²) >= 11 is 0. The van der Waals surface area contributed by atoms with Crippen molar-refractivity contribution in [2.24, 2.45) is 14.1 Å². The summed E-state index contributed by atoms with van der Waals surface area (Å²) in [5.74, 6) is -0.0169. The minimum atomic E-state index is -0.150. The van der Waals surface area contributed by atoms with Gasteiger partial charge in [0.1, 0.15) is 0 Å².